The Morgan fingerprint density at radius 3 is 2.38 bits per heavy atom. The number of hydroxylamine groups is 2. The maximum Gasteiger partial charge on any atom is 0.359 e. The summed E-state index contributed by atoms with van der Waals surface area (Å²) in [4.78, 5) is 40.2. The number of rotatable bonds is 10. The lowest BCUT2D eigenvalue weighted by atomic mass is 9.98. The van der Waals surface area contributed by atoms with Crippen LogP contribution >= 0.6 is 23.4 Å². The van der Waals surface area contributed by atoms with Crippen molar-refractivity contribution >= 4 is 41.3 Å². The largest absolute Gasteiger partial charge is 0.359 e. The van der Waals surface area contributed by atoms with Gasteiger partial charge in [0.2, 0.25) is 0 Å². The number of imide groups is 2. The molecule has 0 aliphatic carbocycles. The van der Waals surface area contributed by atoms with Crippen molar-refractivity contribution in [3.63, 3.8) is 0 Å². The molecule has 184 valence electrons. The van der Waals surface area contributed by atoms with Crippen LogP contribution in [0.1, 0.15) is 32.3 Å². The van der Waals surface area contributed by atoms with Crippen LogP contribution in [-0.4, -0.2) is 52.5 Å². The molecule has 0 unspecified atom stereocenters. The second-order valence-corrected chi connectivity index (χ2v) is 9.84. The second-order valence-electron chi connectivity index (χ2n) is 8.31. The number of nitrogens with zero attached hydrogens (tertiary/aromatic N) is 2. The molecule has 0 spiro atoms. The summed E-state index contributed by atoms with van der Waals surface area (Å²) < 4.78 is 0. The van der Waals surface area contributed by atoms with Crippen molar-refractivity contribution in [3.8, 4) is 0 Å². The molecule has 0 saturated heterocycles. The average Bonchev–Trinajstić information content (AvgIpc) is 2.83. The lowest BCUT2D eigenvalue weighted by Crippen LogP contribution is -2.52. The first-order valence-corrected chi connectivity index (χ1v) is 12.6. The maximum atomic E-state index is 13.1. The fourth-order valence-corrected chi connectivity index (χ4v) is 4.60. The van der Waals surface area contributed by atoms with Gasteiger partial charge < -0.3 is 5.32 Å². The molecule has 5 amide bonds. The molecule has 34 heavy (non-hydrogen) atoms. The van der Waals surface area contributed by atoms with Crippen molar-refractivity contribution < 1.29 is 19.6 Å². The number of thioether (sulfide) groups is 1. The number of hydrogen-bond acceptors (Lipinski definition) is 5. The van der Waals surface area contributed by atoms with Gasteiger partial charge >= 0.3 is 12.1 Å². The molecule has 0 fully saturated rings. The molecule has 2 N–H and O–H groups in total. The van der Waals surface area contributed by atoms with Crippen molar-refractivity contribution in [1.82, 2.24) is 15.3 Å². The van der Waals surface area contributed by atoms with E-state index < -0.39 is 23.9 Å². The van der Waals surface area contributed by atoms with E-state index in [0.29, 0.717) is 29.5 Å². The molecule has 2 rings (SSSR count). The second kappa shape index (κ2) is 14.0. The van der Waals surface area contributed by atoms with Crippen molar-refractivity contribution in [3.05, 3.63) is 65.2 Å². The van der Waals surface area contributed by atoms with Gasteiger partial charge in [0.15, 0.2) is 0 Å². The Bertz CT molecular complexity index is 958. The van der Waals surface area contributed by atoms with Crippen LogP contribution in [0.3, 0.4) is 0 Å². The minimum atomic E-state index is -1.07. The highest BCUT2D eigenvalue weighted by Crippen LogP contribution is 2.27. The van der Waals surface area contributed by atoms with Crippen molar-refractivity contribution in [2.75, 3.05) is 19.3 Å². The molecule has 0 aromatic heterocycles. The summed E-state index contributed by atoms with van der Waals surface area (Å²) in [5.74, 6) is -0.627. The van der Waals surface area contributed by atoms with Gasteiger partial charge in [0.1, 0.15) is 0 Å². The molecule has 0 bridgehead atoms. The number of nitrogens with one attached hydrogen (secondary N) is 1. The number of carbonyl (C=O) groups excluding carboxylic acids is 3. The van der Waals surface area contributed by atoms with E-state index >= 15 is 0 Å². The van der Waals surface area contributed by atoms with Crippen LogP contribution < -0.4 is 5.32 Å². The third kappa shape index (κ3) is 8.66. The van der Waals surface area contributed by atoms with Gasteiger partial charge in [0, 0.05) is 29.3 Å². The standard InChI is InChI=1S/C25H32ClN3O4S/c1-18(2)12-13-20(17-34-22-11-7-10-21(26)16-22)23(30)29(33)25(32)28(24(31)27-3)15-14-19-8-5-4-6-9-19/h4-11,16,18,20,33H,12-15,17H2,1-3H3,(H,27,31)/t20-/m1/s1. The zero-order valence-corrected chi connectivity index (χ0v) is 21.3. The Balaban J connectivity index is 2.12. The molecule has 9 heteroatoms. The third-order valence-corrected chi connectivity index (χ3v) is 6.63. The first-order valence-electron chi connectivity index (χ1n) is 11.2. The van der Waals surface area contributed by atoms with Gasteiger partial charge in [-0.1, -0.05) is 68.3 Å². The molecule has 1 atom stereocenters. The van der Waals surface area contributed by atoms with E-state index in [1.165, 1.54) is 18.8 Å². The lowest BCUT2D eigenvalue weighted by molar-refractivity contribution is -0.158. The number of hydrogen-bond donors (Lipinski definition) is 2. The van der Waals surface area contributed by atoms with Crippen LogP contribution in [0.15, 0.2) is 59.5 Å². The summed E-state index contributed by atoms with van der Waals surface area (Å²) in [5, 5.41) is 13.6. The van der Waals surface area contributed by atoms with Gasteiger partial charge in [0.05, 0.1) is 5.92 Å². The molecule has 2 aromatic carbocycles. The van der Waals surface area contributed by atoms with Gasteiger partial charge in [0.25, 0.3) is 5.91 Å². The van der Waals surface area contributed by atoms with Crippen LogP contribution in [0.4, 0.5) is 9.59 Å². The summed E-state index contributed by atoms with van der Waals surface area (Å²) in [5.41, 5.74) is 0.924. The molecule has 0 aliphatic rings. The van der Waals surface area contributed by atoms with E-state index in [2.05, 4.69) is 5.32 Å². The first kappa shape index (κ1) is 27.7. The third-order valence-electron chi connectivity index (χ3n) is 5.24. The summed E-state index contributed by atoms with van der Waals surface area (Å²) in [6.07, 6.45) is 1.64. The zero-order valence-electron chi connectivity index (χ0n) is 19.7. The Morgan fingerprint density at radius 2 is 1.76 bits per heavy atom. The van der Waals surface area contributed by atoms with Gasteiger partial charge in [-0.15, -0.1) is 16.8 Å². The summed E-state index contributed by atoms with van der Waals surface area (Å²) in [6, 6.07) is 14.9. The highest BCUT2D eigenvalue weighted by atomic mass is 35.5. The maximum absolute atomic E-state index is 13.1. The average molecular weight is 506 g/mol. The van der Waals surface area contributed by atoms with Crippen molar-refractivity contribution in [1.29, 1.82) is 0 Å². The fourth-order valence-electron chi connectivity index (χ4n) is 3.25. The van der Waals surface area contributed by atoms with Crippen molar-refractivity contribution in [2.24, 2.45) is 11.8 Å². The number of benzene rings is 2. The quantitative estimate of drug-likeness (QED) is 0.245. The van der Waals surface area contributed by atoms with Crippen LogP contribution in [-0.2, 0) is 11.2 Å². The predicted molar refractivity (Wildman–Crippen MR) is 135 cm³/mol. The fraction of sp³-hybridized carbons (Fsp3) is 0.400. The normalized spacial score (nSPS) is 11.7. The van der Waals surface area contributed by atoms with E-state index in [1.54, 1.807) is 12.1 Å². The van der Waals surface area contributed by atoms with E-state index in [0.717, 1.165) is 21.8 Å². The highest BCUT2D eigenvalue weighted by molar-refractivity contribution is 7.99. The monoisotopic (exact) mass is 505 g/mol. The molecule has 0 radical (unpaired) electrons. The summed E-state index contributed by atoms with van der Waals surface area (Å²) >= 11 is 7.48. The van der Waals surface area contributed by atoms with E-state index in [1.807, 2.05) is 56.3 Å². The molecule has 7 nitrogen and oxygen atoms in total. The Hall–Kier alpha value is -2.55. The number of amides is 5. The van der Waals surface area contributed by atoms with Gasteiger partial charge in [-0.3, -0.25) is 10.0 Å². The SMILES string of the molecule is CNC(=O)N(CCc1ccccc1)C(=O)N(O)C(=O)[C@H](CCC(C)C)CSc1cccc(Cl)c1. The van der Waals surface area contributed by atoms with Crippen LogP contribution in [0, 0.1) is 11.8 Å². The van der Waals surface area contributed by atoms with E-state index in [-0.39, 0.29) is 11.6 Å². The lowest BCUT2D eigenvalue weighted by Gasteiger charge is -2.26. The molecular formula is C25H32ClN3O4S. The van der Waals surface area contributed by atoms with Gasteiger partial charge in [-0.05, 0) is 42.5 Å². The minimum Gasteiger partial charge on any atom is -0.341 e. The van der Waals surface area contributed by atoms with Crippen LogP contribution in [0.5, 0.6) is 0 Å². The van der Waals surface area contributed by atoms with Gasteiger partial charge in [-0.25, -0.2) is 14.5 Å². The molecule has 0 saturated carbocycles. The Kier molecular flexibility index (Phi) is 11.4. The van der Waals surface area contributed by atoms with Crippen LogP contribution in [0.25, 0.3) is 0 Å². The Labute approximate surface area is 210 Å². The number of carbonyl (C=O) groups is 3. The number of urea groups is 2. The molecule has 0 aliphatic heterocycles. The highest BCUT2D eigenvalue weighted by Gasteiger charge is 2.33. The zero-order chi connectivity index (χ0) is 25.1. The summed E-state index contributed by atoms with van der Waals surface area (Å²) in [6.45, 7) is 4.11. The van der Waals surface area contributed by atoms with Crippen LogP contribution in [0.2, 0.25) is 5.02 Å². The predicted octanol–water partition coefficient (Wildman–Crippen LogP) is 5.71. The van der Waals surface area contributed by atoms with E-state index in [9.17, 15) is 19.6 Å². The van der Waals surface area contributed by atoms with E-state index in [4.69, 9.17) is 11.6 Å². The molecule has 0 heterocycles. The van der Waals surface area contributed by atoms with Crippen molar-refractivity contribution in [2.45, 2.75) is 38.0 Å². The molecule has 2 aromatic rings. The molecular weight excluding hydrogens is 474 g/mol. The minimum absolute atomic E-state index is 0.0147. The Morgan fingerprint density at radius 1 is 1.06 bits per heavy atom. The topological polar surface area (TPSA) is 90.0 Å². The summed E-state index contributed by atoms with van der Waals surface area (Å²) in [7, 11) is 1.39. The number of halogens is 1. The smallest absolute Gasteiger partial charge is 0.341 e. The van der Waals surface area contributed by atoms with Gasteiger partial charge in [-0.2, -0.15) is 0 Å². The first-order chi connectivity index (χ1) is 16.2.